The molecule has 0 radical (unpaired) electrons. The van der Waals surface area contributed by atoms with E-state index in [1.54, 1.807) is 0 Å². The van der Waals surface area contributed by atoms with Gasteiger partial charge in [-0.1, -0.05) is 116 Å². The summed E-state index contributed by atoms with van der Waals surface area (Å²) in [6.07, 6.45) is -1.13. The number of amides is 1. The van der Waals surface area contributed by atoms with Gasteiger partial charge in [0, 0.05) is 41.0 Å². The van der Waals surface area contributed by atoms with Gasteiger partial charge in [0.25, 0.3) is 5.22 Å². The third kappa shape index (κ3) is 6.79. The van der Waals surface area contributed by atoms with E-state index in [4.69, 9.17) is 18.9 Å². The van der Waals surface area contributed by atoms with Gasteiger partial charge in [0.15, 0.2) is 12.1 Å². The van der Waals surface area contributed by atoms with E-state index in [0.29, 0.717) is 16.7 Å². The van der Waals surface area contributed by atoms with Crippen LogP contribution in [-0.2, 0) is 20.9 Å². The molecule has 1 fully saturated rings. The number of aliphatic hydroxyl groups is 1. The highest BCUT2D eigenvalue weighted by molar-refractivity contribution is 7.99. The molecule has 1 amide bonds. The molecule has 0 aliphatic carbocycles. The topological polar surface area (TPSA) is 93.8 Å². The van der Waals surface area contributed by atoms with Crippen LogP contribution in [0.1, 0.15) is 42.9 Å². The number of aromatic nitrogens is 1. The molecule has 2 heterocycles. The van der Waals surface area contributed by atoms with E-state index in [9.17, 15) is 9.90 Å². The van der Waals surface area contributed by atoms with Gasteiger partial charge < -0.3 is 24.3 Å². The van der Waals surface area contributed by atoms with Crippen LogP contribution in [0.25, 0.3) is 22.6 Å². The molecule has 0 spiro atoms. The molecule has 6 rings (SSSR count). The number of rotatable bonds is 9. The Labute approximate surface area is 261 Å². The number of nitrogens with one attached hydrogen (secondary N) is 1. The lowest BCUT2D eigenvalue weighted by Crippen LogP contribution is -2.38. The molecule has 4 atom stereocenters. The van der Waals surface area contributed by atoms with Crippen LogP contribution in [0.2, 0.25) is 0 Å². The SMILES string of the molecule is CC(=O)Nc1cccc([C@@H]2O[C@H](CSc3nc(-c4ccccc4)c(-c4ccccc4)o3)[C@H](C)[C@H](c3ccc(CO)cc3)O2)c1. The molecule has 1 aliphatic rings. The normalized spacial score (nSPS) is 19.9. The van der Waals surface area contributed by atoms with Crippen LogP contribution in [0.4, 0.5) is 5.69 Å². The first-order chi connectivity index (χ1) is 21.5. The molecule has 1 saturated heterocycles. The van der Waals surface area contributed by atoms with Gasteiger partial charge in [0.2, 0.25) is 5.91 Å². The van der Waals surface area contributed by atoms with Crippen molar-refractivity contribution in [2.24, 2.45) is 5.92 Å². The van der Waals surface area contributed by atoms with Crippen molar-refractivity contribution in [1.29, 1.82) is 0 Å². The summed E-state index contributed by atoms with van der Waals surface area (Å²) >= 11 is 1.52. The van der Waals surface area contributed by atoms with Crippen LogP contribution in [0.5, 0.6) is 0 Å². The average Bonchev–Trinajstić information content (AvgIpc) is 3.49. The summed E-state index contributed by atoms with van der Waals surface area (Å²) in [6, 6.07) is 35.4. The molecular weight excluding hydrogens is 572 g/mol. The van der Waals surface area contributed by atoms with Gasteiger partial charge in [0.05, 0.1) is 18.8 Å². The Bertz CT molecular complexity index is 1630. The number of anilines is 1. The minimum Gasteiger partial charge on any atom is -0.431 e. The molecule has 4 aromatic carbocycles. The Balaban J connectivity index is 1.29. The maximum Gasteiger partial charge on any atom is 0.256 e. The lowest BCUT2D eigenvalue weighted by Gasteiger charge is -2.41. The lowest BCUT2D eigenvalue weighted by molar-refractivity contribution is -0.268. The number of nitrogens with zero attached hydrogens (tertiary/aromatic N) is 1. The Morgan fingerprint density at radius 1 is 0.864 bits per heavy atom. The Morgan fingerprint density at radius 2 is 1.57 bits per heavy atom. The average molecular weight is 607 g/mol. The summed E-state index contributed by atoms with van der Waals surface area (Å²) in [6.45, 7) is 3.59. The van der Waals surface area contributed by atoms with E-state index >= 15 is 0 Å². The number of hydrogen-bond donors (Lipinski definition) is 2. The van der Waals surface area contributed by atoms with E-state index in [1.807, 2.05) is 109 Å². The van der Waals surface area contributed by atoms with Gasteiger partial charge in [-0.2, -0.15) is 0 Å². The zero-order valence-corrected chi connectivity index (χ0v) is 25.4. The number of hydrogen-bond acceptors (Lipinski definition) is 7. The number of carbonyl (C=O) groups is 1. The molecule has 7 nitrogen and oxygen atoms in total. The number of carbonyl (C=O) groups excluding carboxylic acids is 1. The summed E-state index contributed by atoms with van der Waals surface area (Å²) < 4.78 is 19.6. The molecule has 5 aromatic rings. The first-order valence-corrected chi connectivity index (χ1v) is 15.6. The maximum absolute atomic E-state index is 11.7. The smallest absolute Gasteiger partial charge is 0.256 e. The van der Waals surface area contributed by atoms with Crippen molar-refractivity contribution in [3.05, 3.63) is 126 Å². The van der Waals surface area contributed by atoms with E-state index in [0.717, 1.165) is 39.3 Å². The Morgan fingerprint density at radius 3 is 2.25 bits per heavy atom. The van der Waals surface area contributed by atoms with Crippen molar-refractivity contribution < 1.29 is 23.8 Å². The predicted molar refractivity (Wildman–Crippen MR) is 172 cm³/mol. The second-order valence-electron chi connectivity index (χ2n) is 10.8. The minimum absolute atomic E-state index is 0.00518. The third-order valence-corrected chi connectivity index (χ3v) is 8.58. The van der Waals surface area contributed by atoms with Crippen LogP contribution in [0.3, 0.4) is 0 Å². The predicted octanol–water partition coefficient (Wildman–Crippen LogP) is 8.04. The van der Waals surface area contributed by atoms with Crippen molar-refractivity contribution in [1.82, 2.24) is 4.98 Å². The van der Waals surface area contributed by atoms with Crippen LogP contribution in [0, 0.1) is 5.92 Å². The second-order valence-corrected chi connectivity index (χ2v) is 11.8. The zero-order chi connectivity index (χ0) is 30.5. The van der Waals surface area contributed by atoms with Crippen LogP contribution >= 0.6 is 11.8 Å². The van der Waals surface area contributed by atoms with E-state index < -0.39 is 6.29 Å². The van der Waals surface area contributed by atoms with Crippen LogP contribution < -0.4 is 5.32 Å². The molecule has 0 saturated carbocycles. The molecular formula is C36H34N2O5S. The van der Waals surface area contributed by atoms with Crippen LogP contribution in [-0.4, -0.2) is 27.9 Å². The molecule has 8 heteroatoms. The fraction of sp³-hybridized carbons (Fsp3) is 0.222. The van der Waals surface area contributed by atoms with Gasteiger partial charge in [0.1, 0.15) is 5.69 Å². The molecule has 1 aliphatic heterocycles. The first-order valence-electron chi connectivity index (χ1n) is 14.6. The molecule has 0 unspecified atom stereocenters. The number of benzene rings is 4. The van der Waals surface area contributed by atoms with Crippen molar-refractivity contribution in [2.45, 2.75) is 44.2 Å². The molecule has 2 N–H and O–H groups in total. The Kier molecular flexibility index (Phi) is 9.23. The van der Waals surface area contributed by atoms with E-state index in [2.05, 4.69) is 12.2 Å². The number of aliphatic hydroxyl groups excluding tert-OH is 1. The standard InChI is InChI=1S/C36H34N2O5S/c1-23-31(22-44-36-38-32(26-10-5-3-6-11-26)34(43-36)27-12-7-4-8-13-27)41-35(29-14-9-15-30(20-29)37-24(2)40)42-33(23)28-18-16-25(21-39)17-19-28/h3-20,23,31,33,35,39H,21-22H2,1-2H3,(H,37,40)/t23-,31+,33+,35+/m0/s1. The summed E-state index contributed by atoms with van der Waals surface area (Å²) in [4.78, 5) is 16.6. The molecule has 1 aromatic heterocycles. The number of thioether (sulfide) groups is 1. The van der Waals surface area contributed by atoms with Gasteiger partial charge in [-0.3, -0.25) is 4.79 Å². The third-order valence-electron chi connectivity index (χ3n) is 7.66. The molecule has 44 heavy (non-hydrogen) atoms. The molecule has 0 bridgehead atoms. The van der Waals surface area contributed by atoms with E-state index in [1.165, 1.54) is 18.7 Å². The fourth-order valence-corrected chi connectivity index (χ4v) is 6.36. The fourth-order valence-electron chi connectivity index (χ4n) is 5.37. The van der Waals surface area contributed by atoms with Crippen molar-refractivity contribution in [2.75, 3.05) is 11.1 Å². The minimum atomic E-state index is -0.655. The first kappa shape index (κ1) is 29.8. The quantitative estimate of drug-likeness (QED) is 0.164. The van der Waals surface area contributed by atoms with Gasteiger partial charge in [-0.25, -0.2) is 4.98 Å². The lowest BCUT2D eigenvalue weighted by atomic mass is 9.91. The second kappa shape index (κ2) is 13.6. The van der Waals surface area contributed by atoms with Gasteiger partial charge in [-0.05, 0) is 23.3 Å². The summed E-state index contributed by atoms with van der Waals surface area (Å²) in [5.41, 5.74) is 6.09. The summed E-state index contributed by atoms with van der Waals surface area (Å²) in [5, 5.41) is 13.0. The highest BCUT2D eigenvalue weighted by Gasteiger charge is 2.38. The van der Waals surface area contributed by atoms with Gasteiger partial charge in [-0.15, -0.1) is 0 Å². The van der Waals surface area contributed by atoms with Crippen molar-refractivity contribution in [3.8, 4) is 22.6 Å². The summed E-state index contributed by atoms with van der Waals surface area (Å²) in [5.74, 6) is 1.16. The number of oxazole rings is 1. The maximum atomic E-state index is 11.7. The summed E-state index contributed by atoms with van der Waals surface area (Å²) in [7, 11) is 0. The highest BCUT2D eigenvalue weighted by atomic mass is 32.2. The zero-order valence-electron chi connectivity index (χ0n) is 24.6. The van der Waals surface area contributed by atoms with Gasteiger partial charge >= 0.3 is 0 Å². The molecule has 224 valence electrons. The largest absolute Gasteiger partial charge is 0.431 e. The van der Waals surface area contributed by atoms with Crippen molar-refractivity contribution in [3.63, 3.8) is 0 Å². The monoisotopic (exact) mass is 606 g/mol. The highest BCUT2D eigenvalue weighted by Crippen LogP contribution is 2.44. The van der Waals surface area contributed by atoms with Crippen LogP contribution in [0.15, 0.2) is 119 Å². The van der Waals surface area contributed by atoms with Crippen molar-refractivity contribution >= 4 is 23.4 Å². The van der Waals surface area contributed by atoms with E-state index in [-0.39, 0.29) is 30.6 Å². The number of ether oxygens (including phenoxy) is 2. The Hall–Kier alpha value is -4.21.